The lowest BCUT2D eigenvalue weighted by Crippen LogP contribution is -2.30. The van der Waals surface area contributed by atoms with E-state index in [1.165, 1.54) is 0 Å². The van der Waals surface area contributed by atoms with E-state index in [9.17, 15) is 4.79 Å². The van der Waals surface area contributed by atoms with Gasteiger partial charge in [0.1, 0.15) is 12.6 Å². The summed E-state index contributed by atoms with van der Waals surface area (Å²) in [5.41, 5.74) is 1.55. The number of hydrogen-bond donors (Lipinski definition) is 0. The number of carbonyl (C=O) groups excluding carboxylic acids is 1. The minimum Gasteiger partial charge on any atom is -0.344 e. The molecule has 0 atom stereocenters. The van der Waals surface area contributed by atoms with Crippen LogP contribution in [0.2, 0.25) is 0 Å². The second kappa shape index (κ2) is 6.25. The number of amides is 1. The molecule has 0 fully saturated rings. The van der Waals surface area contributed by atoms with Crippen LogP contribution in [0, 0.1) is 11.3 Å². The van der Waals surface area contributed by atoms with E-state index in [4.69, 9.17) is 5.26 Å². The van der Waals surface area contributed by atoms with Crippen molar-refractivity contribution in [3.05, 3.63) is 36.0 Å². The monoisotopic (exact) mass is 269 g/mol. The van der Waals surface area contributed by atoms with Crippen LogP contribution in [-0.4, -0.2) is 29.0 Å². The van der Waals surface area contributed by atoms with Crippen molar-refractivity contribution < 1.29 is 4.79 Å². The third-order valence-corrected chi connectivity index (χ3v) is 3.49. The fraction of sp³-hybridized carbons (Fsp3) is 0.375. The molecule has 2 rings (SSSR count). The van der Waals surface area contributed by atoms with Crippen molar-refractivity contribution in [2.75, 3.05) is 13.6 Å². The first-order valence-corrected chi connectivity index (χ1v) is 6.89. The number of likely N-dealkylation sites (N-methyl/N-ethyl adjacent to an activating group) is 1. The van der Waals surface area contributed by atoms with Gasteiger partial charge in [0.15, 0.2) is 0 Å². The van der Waals surface area contributed by atoms with Gasteiger partial charge in [-0.15, -0.1) is 0 Å². The first-order valence-electron chi connectivity index (χ1n) is 6.89. The Hall–Kier alpha value is -2.28. The van der Waals surface area contributed by atoms with Gasteiger partial charge in [0.25, 0.3) is 0 Å². The Bertz CT molecular complexity index is 651. The summed E-state index contributed by atoms with van der Waals surface area (Å²) in [7, 11) is 1.83. The van der Waals surface area contributed by atoms with Gasteiger partial charge in [-0.1, -0.05) is 31.5 Å². The van der Waals surface area contributed by atoms with Crippen LogP contribution in [0.4, 0.5) is 0 Å². The van der Waals surface area contributed by atoms with Crippen molar-refractivity contribution in [2.45, 2.75) is 26.3 Å². The minimum atomic E-state index is 0.0729. The van der Waals surface area contributed by atoms with Gasteiger partial charge in [-0.05, 0) is 12.5 Å². The molecular formula is C16H19N3O. The summed E-state index contributed by atoms with van der Waals surface area (Å²) < 4.78 is 1.86. The summed E-state index contributed by atoms with van der Waals surface area (Å²) in [6, 6.07) is 9.86. The molecule has 2 aromatic rings. The maximum Gasteiger partial charge on any atom is 0.242 e. The maximum atomic E-state index is 12.2. The van der Waals surface area contributed by atoms with Gasteiger partial charge in [-0.25, -0.2) is 0 Å². The molecule has 4 heteroatoms. The molecule has 0 N–H and O–H groups in total. The summed E-state index contributed by atoms with van der Waals surface area (Å²) in [5.74, 6) is 0.0729. The van der Waals surface area contributed by atoms with Crippen LogP contribution in [0.15, 0.2) is 30.5 Å². The average Bonchev–Trinajstić information content (AvgIpc) is 2.83. The van der Waals surface area contributed by atoms with Crippen molar-refractivity contribution >= 4 is 16.8 Å². The molecule has 0 saturated carbocycles. The van der Waals surface area contributed by atoms with Crippen LogP contribution >= 0.6 is 0 Å². The zero-order valence-electron chi connectivity index (χ0n) is 12.0. The van der Waals surface area contributed by atoms with E-state index in [1.807, 2.05) is 35.9 Å². The molecule has 1 heterocycles. The van der Waals surface area contributed by atoms with E-state index in [-0.39, 0.29) is 12.5 Å². The number of hydrogen-bond acceptors (Lipinski definition) is 2. The number of para-hydroxylation sites is 1. The van der Waals surface area contributed by atoms with Crippen molar-refractivity contribution in [1.82, 2.24) is 9.47 Å². The van der Waals surface area contributed by atoms with E-state index in [0.717, 1.165) is 30.3 Å². The van der Waals surface area contributed by atoms with Crippen molar-refractivity contribution in [1.29, 1.82) is 5.26 Å². The Balaban J connectivity index is 2.22. The molecule has 1 aromatic heterocycles. The number of fused-ring (bicyclic) bond motifs is 1. The van der Waals surface area contributed by atoms with Crippen LogP contribution in [0.5, 0.6) is 0 Å². The van der Waals surface area contributed by atoms with Crippen molar-refractivity contribution in [2.24, 2.45) is 0 Å². The Morgan fingerprint density at radius 3 is 2.85 bits per heavy atom. The largest absolute Gasteiger partial charge is 0.344 e. The summed E-state index contributed by atoms with van der Waals surface area (Å²) in [4.78, 5) is 13.9. The van der Waals surface area contributed by atoms with Gasteiger partial charge in [0, 0.05) is 30.7 Å². The van der Waals surface area contributed by atoms with Crippen LogP contribution in [0.3, 0.4) is 0 Å². The second-order valence-electron chi connectivity index (χ2n) is 4.97. The van der Waals surface area contributed by atoms with Gasteiger partial charge < -0.3 is 9.47 Å². The molecule has 0 unspecified atom stereocenters. The number of unbranched alkanes of at least 4 members (excludes halogenated alkanes) is 1. The lowest BCUT2D eigenvalue weighted by Gasteiger charge is -2.17. The average molecular weight is 269 g/mol. The summed E-state index contributed by atoms with van der Waals surface area (Å²) >= 11 is 0. The molecule has 4 nitrogen and oxygen atoms in total. The normalized spacial score (nSPS) is 10.4. The fourth-order valence-corrected chi connectivity index (χ4v) is 2.25. The molecule has 104 valence electrons. The quantitative estimate of drug-likeness (QED) is 0.838. The number of carbonyl (C=O) groups is 1. The fourth-order valence-electron chi connectivity index (χ4n) is 2.25. The summed E-state index contributed by atoms with van der Waals surface area (Å²) in [5, 5.41) is 10.1. The lowest BCUT2D eigenvalue weighted by molar-refractivity contribution is -0.130. The van der Waals surface area contributed by atoms with Gasteiger partial charge in [0.05, 0.1) is 5.56 Å². The molecule has 0 bridgehead atoms. The van der Waals surface area contributed by atoms with Crippen LogP contribution in [-0.2, 0) is 11.3 Å². The standard InChI is InChI=1S/C16H19N3O/c1-3-4-9-18(2)16(20)12-19-11-13(10-17)14-7-5-6-8-15(14)19/h5-8,11H,3-4,9,12H2,1-2H3. The molecule has 0 aliphatic carbocycles. The third kappa shape index (κ3) is 2.83. The molecule has 1 amide bonds. The van der Waals surface area contributed by atoms with Crippen molar-refractivity contribution in [3.63, 3.8) is 0 Å². The first kappa shape index (κ1) is 14.1. The number of aromatic nitrogens is 1. The van der Waals surface area contributed by atoms with E-state index < -0.39 is 0 Å². The first-order chi connectivity index (χ1) is 9.67. The SMILES string of the molecule is CCCCN(C)C(=O)Cn1cc(C#N)c2ccccc21. The molecule has 20 heavy (non-hydrogen) atoms. The Labute approximate surface area is 119 Å². The van der Waals surface area contributed by atoms with Crippen molar-refractivity contribution in [3.8, 4) is 6.07 Å². The topological polar surface area (TPSA) is 49.0 Å². The minimum absolute atomic E-state index is 0.0729. The van der Waals surface area contributed by atoms with Crippen LogP contribution < -0.4 is 0 Å². The van der Waals surface area contributed by atoms with Crippen LogP contribution in [0.25, 0.3) is 10.9 Å². The Morgan fingerprint density at radius 2 is 2.15 bits per heavy atom. The zero-order chi connectivity index (χ0) is 14.5. The maximum absolute atomic E-state index is 12.2. The highest BCUT2D eigenvalue weighted by Gasteiger charge is 2.13. The molecule has 1 aromatic carbocycles. The van der Waals surface area contributed by atoms with Gasteiger partial charge >= 0.3 is 0 Å². The zero-order valence-corrected chi connectivity index (χ0v) is 12.0. The predicted octanol–water partition coefficient (Wildman–Crippen LogP) is 2.77. The number of benzene rings is 1. The van der Waals surface area contributed by atoms with E-state index in [1.54, 1.807) is 11.1 Å². The highest BCUT2D eigenvalue weighted by atomic mass is 16.2. The van der Waals surface area contributed by atoms with Gasteiger partial charge in [-0.3, -0.25) is 4.79 Å². The molecule has 0 radical (unpaired) electrons. The molecule has 0 saturated heterocycles. The number of nitrogens with zero attached hydrogens (tertiary/aromatic N) is 3. The lowest BCUT2D eigenvalue weighted by atomic mass is 10.2. The highest BCUT2D eigenvalue weighted by molar-refractivity contribution is 5.88. The van der Waals surface area contributed by atoms with Crippen LogP contribution in [0.1, 0.15) is 25.3 Å². The molecule has 0 aliphatic heterocycles. The number of rotatable bonds is 5. The molecule has 0 aliphatic rings. The van der Waals surface area contributed by atoms with E-state index in [0.29, 0.717) is 5.56 Å². The summed E-state index contributed by atoms with van der Waals surface area (Å²) in [6.45, 7) is 3.17. The van der Waals surface area contributed by atoms with E-state index in [2.05, 4.69) is 13.0 Å². The predicted molar refractivity (Wildman–Crippen MR) is 79.2 cm³/mol. The second-order valence-corrected chi connectivity index (χ2v) is 4.97. The van der Waals surface area contributed by atoms with Gasteiger partial charge in [0.2, 0.25) is 5.91 Å². The Morgan fingerprint density at radius 1 is 1.40 bits per heavy atom. The Kier molecular flexibility index (Phi) is 4.41. The van der Waals surface area contributed by atoms with Gasteiger partial charge in [-0.2, -0.15) is 5.26 Å². The number of nitriles is 1. The summed E-state index contributed by atoms with van der Waals surface area (Å²) in [6.07, 6.45) is 3.84. The third-order valence-electron chi connectivity index (χ3n) is 3.49. The molecular weight excluding hydrogens is 250 g/mol. The smallest absolute Gasteiger partial charge is 0.242 e. The van der Waals surface area contributed by atoms with E-state index >= 15 is 0 Å². The highest BCUT2D eigenvalue weighted by Crippen LogP contribution is 2.20. The molecule has 0 spiro atoms.